The van der Waals surface area contributed by atoms with Crippen LogP contribution in [-0.2, 0) is 0 Å². The maximum absolute atomic E-state index is 2.39. The summed E-state index contributed by atoms with van der Waals surface area (Å²) in [6.45, 7) is 9.53. The van der Waals surface area contributed by atoms with Crippen LogP contribution in [0.2, 0.25) is 0 Å². The van der Waals surface area contributed by atoms with Crippen molar-refractivity contribution < 1.29 is 0 Å². The molecular weight excluding hydrogens is 108 g/mol. The maximum atomic E-state index is 2.39. The Morgan fingerprint density at radius 1 is 0.778 bits per heavy atom. The van der Waals surface area contributed by atoms with Gasteiger partial charge in [-0.25, -0.2) is 0 Å². The highest BCUT2D eigenvalue weighted by Gasteiger charge is 2.31. The first kappa shape index (κ1) is 7.11. The smallest absolute Gasteiger partial charge is 0.0389 e. The van der Waals surface area contributed by atoms with Crippen LogP contribution in [0.25, 0.3) is 0 Å². The fraction of sp³-hybridized carbons (Fsp3) is 1.00. The van der Waals surface area contributed by atoms with E-state index >= 15 is 0 Å². The van der Waals surface area contributed by atoms with Crippen LogP contribution in [0.1, 0.15) is 34.1 Å². The van der Waals surface area contributed by atoms with Crippen LogP contribution >= 0.6 is 0 Å². The van der Waals surface area contributed by atoms with Gasteiger partial charge in [0.1, 0.15) is 0 Å². The Balaban J connectivity index is 2.54. The summed E-state index contributed by atoms with van der Waals surface area (Å²) in [6.07, 6.45) is 1.45. The summed E-state index contributed by atoms with van der Waals surface area (Å²) in [6, 6.07) is 0. The second kappa shape index (κ2) is 2.32. The Morgan fingerprint density at radius 3 is 1.22 bits per heavy atom. The van der Waals surface area contributed by atoms with Crippen LogP contribution < -0.4 is 0 Å². The molecule has 0 aromatic heterocycles. The van der Waals surface area contributed by atoms with E-state index in [1.807, 2.05) is 0 Å². The van der Waals surface area contributed by atoms with E-state index in [9.17, 15) is 0 Å². The SMILES string of the molecule is CC1C[C@H](C)C(C)[C@@H]1C. The fourth-order valence-corrected chi connectivity index (χ4v) is 2.05. The van der Waals surface area contributed by atoms with E-state index in [0.29, 0.717) is 0 Å². The van der Waals surface area contributed by atoms with Crippen LogP contribution in [0, 0.1) is 23.7 Å². The lowest BCUT2D eigenvalue weighted by molar-refractivity contribution is 0.352. The highest BCUT2D eigenvalue weighted by molar-refractivity contribution is 4.81. The molecular formula is C9H18. The number of rotatable bonds is 0. The van der Waals surface area contributed by atoms with Crippen LogP contribution in [0.4, 0.5) is 0 Å². The zero-order valence-corrected chi connectivity index (χ0v) is 7.02. The molecule has 0 radical (unpaired) electrons. The quantitative estimate of drug-likeness (QED) is 0.468. The number of hydrogen-bond acceptors (Lipinski definition) is 0. The molecule has 4 atom stereocenters. The highest BCUT2D eigenvalue weighted by atomic mass is 14.4. The van der Waals surface area contributed by atoms with Crippen LogP contribution in [0.5, 0.6) is 0 Å². The molecule has 0 N–H and O–H groups in total. The summed E-state index contributed by atoms with van der Waals surface area (Å²) in [4.78, 5) is 0. The van der Waals surface area contributed by atoms with E-state index in [-0.39, 0.29) is 0 Å². The zero-order chi connectivity index (χ0) is 7.02. The van der Waals surface area contributed by atoms with E-state index in [2.05, 4.69) is 27.7 Å². The van der Waals surface area contributed by atoms with Crippen LogP contribution in [0.15, 0.2) is 0 Å². The van der Waals surface area contributed by atoms with Gasteiger partial charge in [0.2, 0.25) is 0 Å². The lowest BCUT2D eigenvalue weighted by Crippen LogP contribution is -2.07. The van der Waals surface area contributed by atoms with Crippen molar-refractivity contribution in [2.75, 3.05) is 0 Å². The van der Waals surface area contributed by atoms with Crippen molar-refractivity contribution in [2.24, 2.45) is 23.7 Å². The van der Waals surface area contributed by atoms with Crippen molar-refractivity contribution in [2.45, 2.75) is 34.1 Å². The standard InChI is InChI=1S/C9H18/c1-6-5-7(2)9(4)8(6)3/h6-9H,5H2,1-4H3/t6-,7?,8?,9+/m0/s1. The minimum Gasteiger partial charge on any atom is -0.0622 e. The lowest BCUT2D eigenvalue weighted by atomic mass is 9.92. The van der Waals surface area contributed by atoms with Crippen molar-refractivity contribution in [1.82, 2.24) is 0 Å². The lowest BCUT2D eigenvalue weighted by Gasteiger charge is -2.14. The van der Waals surface area contributed by atoms with Gasteiger partial charge in [0.05, 0.1) is 0 Å². The van der Waals surface area contributed by atoms with Gasteiger partial charge in [-0.1, -0.05) is 27.7 Å². The molecule has 0 amide bonds. The van der Waals surface area contributed by atoms with E-state index in [1.54, 1.807) is 0 Å². The third kappa shape index (κ3) is 1.12. The van der Waals surface area contributed by atoms with Crippen LogP contribution in [0.3, 0.4) is 0 Å². The molecule has 0 heterocycles. The van der Waals surface area contributed by atoms with E-state index in [0.717, 1.165) is 23.7 Å². The summed E-state index contributed by atoms with van der Waals surface area (Å²) >= 11 is 0. The summed E-state index contributed by atoms with van der Waals surface area (Å²) in [5, 5.41) is 0. The minimum atomic E-state index is 0.958. The van der Waals surface area contributed by atoms with Gasteiger partial charge in [0.25, 0.3) is 0 Å². The van der Waals surface area contributed by atoms with Crippen molar-refractivity contribution in [3.8, 4) is 0 Å². The first-order valence-corrected chi connectivity index (χ1v) is 4.13. The molecule has 0 nitrogen and oxygen atoms in total. The van der Waals surface area contributed by atoms with Gasteiger partial charge in [-0.3, -0.25) is 0 Å². The molecule has 1 rings (SSSR count). The van der Waals surface area contributed by atoms with Gasteiger partial charge in [-0.2, -0.15) is 0 Å². The first-order valence-electron chi connectivity index (χ1n) is 4.13. The second-order valence-corrected chi connectivity index (χ2v) is 3.91. The molecule has 2 unspecified atom stereocenters. The predicted molar refractivity (Wildman–Crippen MR) is 41.3 cm³/mol. The molecule has 54 valence electrons. The minimum absolute atomic E-state index is 0.958. The highest BCUT2D eigenvalue weighted by Crippen LogP contribution is 2.40. The Bertz CT molecular complexity index is 84.2. The third-order valence-electron chi connectivity index (χ3n) is 3.37. The van der Waals surface area contributed by atoms with Gasteiger partial charge < -0.3 is 0 Å². The Kier molecular flexibility index (Phi) is 1.83. The summed E-state index contributed by atoms with van der Waals surface area (Å²) in [5.74, 6) is 3.85. The molecule has 1 fully saturated rings. The first-order chi connectivity index (χ1) is 4.13. The molecule has 1 aliphatic rings. The van der Waals surface area contributed by atoms with Gasteiger partial charge in [-0.05, 0) is 30.1 Å². The maximum Gasteiger partial charge on any atom is -0.0389 e. The Morgan fingerprint density at radius 2 is 1.11 bits per heavy atom. The zero-order valence-electron chi connectivity index (χ0n) is 7.02. The molecule has 1 saturated carbocycles. The largest absolute Gasteiger partial charge is 0.0622 e. The molecule has 0 spiro atoms. The third-order valence-corrected chi connectivity index (χ3v) is 3.37. The fourth-order valence-electron chi connectivity index (χ4n) is 2.05. The van der Waals surface area contributed by atoms with E-state index in [1.165, 1.54) is 6.42 Å². The van der Waals surface area contributed by atoms with Crippen molar-refractivity contribution in [3.05, 3.63) is 0 Å². The van der Waals surface area contributed by atoms with E-state index < -0.39 is 0 Å². The van der Waals surface area contributed by atoms with Crippen LogP contribution in [-0.4, -0.2) is 0 Å². The summed E-state index contributed by atoms with van der Waals surface area (Å²) in [7, 11) is 0. The van der Waals surface area contributed by atoms with Gasteiger partial charge in [0.15, 0.2) is 0 Å². The molecule has 0 aliphatic heterocycles. The predicted octanol–water partition coefficient (Wildman–Crippen LogP) is 2.93. The van der Waals surface area contributed by atoms with Gasteiger partial charge in [-0.15, -0.1) is 0 Å². The normalized spacial score (nSPS) is 52.0. The number of hydrogen-bond donors (Lipinski definition) is 0. The molecule has 0 heteroatoms. The average molecular weight is 126 g/mol. The summed E-state index contributed by atoms with van der Waals surface area (Å²) < 4.78 is 0. The second-order valence-electron chi connectivity index (χ2n) is 3.91. The molecule has 0 bridgehead atoms. The van der Waals surface area contributed by atoms with Crippen molar-refractivity contribution in [1.29, 1.82) is 0 Å². The molecule has 9 heavy (non-hydrogen) atoms. The average Bonchev–Trinajstić information content (AvgIpc) is 1.98. The monoisotopic (exact) mass is 126 g/mol. The molecule has 0 aromatic carbocycles. The molecule has 0 saturated heterocycles. The van der Waals surface area contributed by atoms with Crippen molar-refractivity contribution in [3.63, 3.8) is 0 Å². The van der Waals surface area contributed by atoms with E-state index in [4.69, 9.17) is 0 Å². The summed E-state index contributed by atoms with van der Waals surface area (Å²) in [5.41, 5.74) is 0. The Hall–Kier alpha value is 0. The van der Waals surface area contributed by atoms with Gasteiger partial charge >= 0.3 is 0 Å². The molecule has 1 aliphatic carbocycles. The molecule has 0 aromatic rings. The van der Waals surface area contributed by atoms with Gasteiger partial charge in [0, 0.05) is 0 Å². The van der Waals surface area contributed by atoms with Crippen molar-refractivity contribution >= 4 is 0 Å². The topological polar surface area (TPSA) is 0 Å². The Labute approximate surface area is 58.7 Å².